The molecule has 19 heavy (non-hydrogen) atoms. The van der Waals surface area contributed by atoms with Crippen LogP contribution in [0.25, 0.3) is 0 Å². The van der Waals surface area contributed by atoms with Crippen LogP contribution in [0, 0.1) is 0 Å². The first kappa shape index (κ1) is 14.8. The summed E-state index contributed by atoms with van der Waals surface area (Å²) in [6, 6.07) is 0. The van der Waals surface area contributed by atoms with Gasteiger partial charge in [-0.25, -0.2) is 4.98 Å². The Labute approximate surface area is 115 Å². The Morgan fingerprint density at radius 1 is 1.26 bits per heavy atom. The van der Waals surface area contributed by atoms with Gasteiger partial charge in [-0.05, 0) is 46.1 Å². The minimum absolute atomic E-state index is 0.130. The molecule has 0 amide bonds. The van der Waals surface area contributed by atoms with Gasteiger partial charge in [0.25, 0.3) is 0 Å². The molecule has 2 nitrogen and oxygen atoms in total. The molecule has 0 radical (unpaired) electrons. The third-order valence-corrected chi connectivity index (χ3v) is 5.18. The molecule has 1 atom stereocenters. The fourth-order valence-corrected chi connectivity index (χ4v) is 3.74. The zero-order valence-corrected chi connectivity index (χ0v) is 12.0. The predicted octanol–water partition coefficient (Wildman–Crippen LogP) is 3.80. The summed E-state index contributed by atoms with van der Waals surface area (Å²) in [5.41, 5.74) is 0.706. The summed E-state index contributed by atoms with van der Waals surface area (Å²) in [5.74, 6) is 0. The third kappa shape index (κ3) is 3.48. The normalized spacial score (nSPS) is 18.4. The summed E-state index contributed by atoms with van der Waals surface area (Å²) in [4.78, 5) is 5.94. The van der Waals surface area contributed by atoms with Crippen molar-refractivity contribution in [2.45, 2.75) is 57.2 Å². The lowest BCUT2D eigenvalue weighted by Gasteiger charge is -2.27. The van der Waals surface area contributed by atoms with Gasteiger partial charge in [-0.3, -0.25) is 0 Å². The average Bonchev–Trinajstić information content (AvgIpc) is 2.86. The maximum atomic E-state index is 12.2. The van der Waals surface area contributed by atoms with Crippen molar-refractivity contribution in [1.82, 2.24) is 10.3 Å². The lowest BCUT2D eigenvalue weighted by molar-refractivity contribution is -0.136. The SMILES string of the molecule is CNC(C)(CCCC(F)(F)F)c1nc2c(s1)CCC2. The molecule has 1 unspecified atom stereocenters. The van der Waals surface area contributed by atoms with E-state index in [1.807, 2.05) is 6.92 Å². The molecule has 1 aliphatic carbocycles. The average molecular weight is 292 g/mol. The molecule has 108 valence electrons. The number of alkyl halides is 3. The van der Waals surface area contributed by atoms with Gasteiger partial charge in [-0.2, -0.15) is 13.2 Å². The Morgan fingerprint density at radius 2 is 2.00 bits per heavy atom. The summed E-state index contributed by atoms with van der Waals surface area (Å²) in [7, 11) is 1.79. The van der Waals surface area contributed by atoms with Crippen LogP contribution < -0.4 is 5.32 Å². The number of thiazole rings is 1. The molecule has 0 spiro atoms. The van der Waals surface area contributed by atoms with Crippen LogP contribution in [-0.2, 0) is 18.4 Å². The number of rotatable bonds is 5. The zero-order chi connectivity index (χ0) is 14.1. The van der Waals surface area contributed by atoms with Crippen LogP contribution in [0.2, 0.25) is 0 Å². The Balaban J connectivity index is 2.04. The summed E-state index contributed by atoms with van der Waals surface area (Å²) < 4.78 is 36.7. The zero-order valence-electron chi connectivity index (χ0n) is 11.2. The second-order valence-corrected chi connectivity index (χ2v) is 6.38. The van der Waals surface area contributed by atoms with E-state index in [0.29, 0.717) is 6.42 Å². The van der Waals surface area contributed by atoms with E-state index in [1.165, 1.54) is 4.88 Å². The van der Waals surface area contributed by atoms with Crippen molar-refractivity contribution < 1.29 is 13.2 Å². The van der Waals surface area contributed by atoms with Crippen molar-refractivity contribution in [2.75, 3.05) is 7.05 Å². The highest BCUT2D eigenvalue weighted by Gasteiger charge is 2.33. The van der Waals surface area contributed by atoms with E-state index in [9.17, 15) is 13.2 Å². The number of nitrogens with zero attached hydrogens (tertiary/aromatic N) is 1. The van der Waals surface area contributed by atoms with Crippen molar-refractivity contribution in [2.24, 2.45) is 0 Å². The maximum absolute atomic E-state index is 12.2. The van der Waals surface area contributed by atoms with Gasteiger partial charge in [0, 0.05) is 11.3 Å². The van der Waals surface area contributed by atoms with E-state index in [4.69, 9.17) is 0 Å². The number of hydrogen-bond acceptors (Lipinski definition) is 3. The molecule has 0 saturated carbocycles. The highest BCUT2D eigenvalue weighted by molar-refractivity contribution is 7.12. The number of fused-ring (bicyclic) bond motifs is 1. The van der Waals surface area contributed by atoms with Gasteiger partial charge in [-0.15, -0.1) is 11.3 Å². The molecule has 0 fully saturated rings. The number of halogens is 3. The van der Waals surface area contributed by atoms with Gasteiger partial charge in [0.1, 0.15) is 5.01 Å². The fraction of sp³-hybridized carbons (Fsp3) is 0.769. The maximum Gasteiger partial charge on any atom is 0.389 e. The van der Waals surface area contributed by atoms with Gasteiger partial charge in [0.05, 0.1) is 11.2 Å². The van der Waals surface area contributed by atoms with Crippen LogP contribution in [0.1, 0.15) is 48.2 Å². The first-order valence-electron chi connectivity index (χ1n) is 6.59. The van der Waals surface area contributed by atoms with E-state index in [0.717, 1.165) is 30.0 Å². The first-order valence-corrected chi connectivity index (χ1v) is 7.40. The minimum Gasteiger partial charge on any atom is -0.309 e. The first-order chi connectivity index (χ1) is 8.84. The smallest absolute Gasteiger partial charge is 0.309 e. The van der Waals surface area contributed by atoms with Gasteiger partial charge in [0.2, 0.25) is 0 Å². The van der Waals surface area contributed by atoms with Gasteiger partial charge in [0.15, 0.2) is 0 Å². The summed E-state index contributed by atoms with van der Waals surface area (Å²) >= 11 is 1.66. The van der Waals surface area contributed by atoms with Crippen LogP contribution in [0.3, 0.4) is 0 Å². The lowest BCUT2D eigenvalue weighted by Crippen LogP contribution is -2.37. The molecule has 1 N–H and O–H groups in total. The number of hydrogen-bond donors (Lipinski definition) is 1. The summed E-state index contributed by atoms with van der Waals surface area (Å²) in [6.45, 7) is 1.94. The van der Waals surface area contributed by atoms with Crippen LogP contribution in [0.5, 0.6) is 0 Å². The lowest BCUT2D eigenvalue weighted by atomic mass is 9.95. The van der Waals surface area contributed by atoms with Crippen LogP contribution in [0.15, 0.2) is 0 Å². The molecule has 1 aliphatic rings. The number of nitrogens with one attached hydrogen (secondary N) is 1. The molecule has 1 aromatic rings. The fourth-order valence-electron chi connectivity index (χ4n) is 2.41. The second kappa shape index (κ2) is 5.40. The third-order valence-electron chi connectivity index (χ3n) is 3.76. The van der Waals surface area contributed by atoms with Crippen molar-refractivity contribution in [1.29, 1.82) is 0 Å². The van der Waals surface area contributed by atoms with Crippen molar-refractivity contribution in [3.63, 3.8) is 0 Å². The molecule has 0 aromatic carbocycles. The van der Waals surface area contributed by atoms with E-state index in [-0.39, 0.29) is 6.42 Å². The van der Waals surface area contributed by atoms with Crippen LogP contribution >= 0.6 is 11.3 Å². The quantitative estimate of drug-likeness (QED) is 0.893. The van der Waals surface area contributed by atoms with Crippen LogP contribution in [0.4, 0.5) is 13.2 Å². The van der Waals surface area contributed by atoms with E-state index in [1.54, 1.807) is 18.4 Å². The standard InChI is InChI=1S/C13H19F3N2S/c1-12(17-2,7-4-8-13(14,15)16)11-18-9-5-3-6-10(9)19-11/h17H,3-8H2,1-2H3. The van der Waals surface area contributed by atoms with Gasteiger partial charge in [-0.1, -0.05) is 0 Å². The molecule has 2 rings (SSSR count). The van der Waals surface area contributed by atoms with E-state index in [2.05, 4.69) is 10.3 Å². The highest BCUT2D eigenvalue weighted by Crippen LogP contribution is 2.36. The molecule has 1 heterocycles. The Bertz CT molecular complexity index is 420. The Kier molecular flexibility index (Phi) is 4.20. The van der Waals surface area contributed by atoms with E-state index < -0.39 is 18.1 Å². The largest absolute Gasteiger partial charge is 0.389 e. The second-order valence-electron chi connectivity index (χ2n) is 5.29. The molecule has 0 saturated heterocycles. The molecular weight excluding hydrogens is 273 g/mol. The monoisotopic (exact) mass is 292 g/mol. The van der Waals surface area contributed by atoms with Crippen LogP contribution in [-0.4, -0.2) is 18.2 Å². The Morgan fingerprint density at radius 3 is 2.58 bits per heavy atom. The molecule has 0 aliphatic heterocycles. The van der Waals surface area contributed by atoms with Crippen molar-refractivity contribution in [3.8, 4) is 0 Å². The molecule has 6 heteroatoms. The molecular formula is C13H19F3N2S. The molecule has 1 aromatic heterocycles. The number of aryl methyl sites for hydroxylation is 2. The van der Waals surface area contributed by atoms with E-state index >= 15 is 0 Å². The van der Waals surface area contributed by atoms with Crippen molar-refractivity contribution in [3.05, 3.63) is 15.6 Å². The summed E-state index contributed by atoms with van der Waals surface area (Å²) in [5, 5.41) is 4.08. The number of aromatic nitrogens is 1. The Hall–Kier alpha value is -0.620. The molecule has 0 bridgehead atoms. The topological polar surface area (TPSA) is 24.9 Å². The van der Waals surface area contributed by atoms with Gasteiger partial charge >= 0.3 is 6.18 Å². The van der Waals surface area contributed by atoms with Crippen molar-refractivity contribution >= 4 is 11.3 Å². The minimum atomic E-state index is -4.07. The predicted molar refractivity (Wildman–Crippen MR) is 70.5 cm³/mol. The highest BCUT2D eigenvalue weighted by atomic mass is 32.1. The summed E-state index contributed by atoms with van der Waals surface area (Å²) in [6.07, 6.45) is -0.989. The van der Waals surface area contributed by atoms with Gasteiger partial charge < -0.3 is 5.32 Å².